The van der Waals surface area contributed by atoms with Crippen LogP contribution in [0.25, 0.3) is 0 Å². The summed E-state index contributed by atoms with van der Waals surface area (Å²) < 4.78 is 0. The van der Waals surface area contributed by atoms with Gasteiger partial charge >= 0.3 is 5.97 Å². The molecule has 2 aromatic rings. The summed E-state index contributed by atoms with van der Waals surface area (Å²) >= 11 is 0. The van der Waals surface area contributed by atoms with E-state index >= 15 is 0 Å². The lowest BCUT2D eigenvalue weighted by Gasteiger charge is -2.27. The third-order valence-electron chi connectivity index (χ3n) is 6.72. The van der Waals surface area contributed by atoms with E-state index in [1.54, 1.807) is 32.9 Å². The maximum atomic E-state index is 13.5. The van der Waals surface area contributed by atoms with Gasteiger partial charge in [-0.15, -0.1) is 0 Å². The van der Waals surface area contributed by atoms with Crippen LogP contribution in [0.5, 0.6) is 5.75 Å². The number of aliphatic carboxylic acids is 1. The molecule has 0 aliphatic rings. The highest BCUT2D eigenvalue weighted by Crippen LogP contribution is 2.14. The minimum absolute atomic E-state index is 0.0300. The lowest BCUT2D eigenvalue weighted by atomic mass is 9.97. The van der Waals surface area contributed by atoms with Crippen LogP contribution in [0, 0.1) is 11.8 Å². The van der Waals surface area contributed by atoms with Gasteiger partial charge in [0, 0.05) is 12.8 Å². The summed E-state index contributed by atoms with van der Waals surface area (Å²) in [6.07, 6.45) is 0.705. The molecule has 7 N–H and O–H groups in total. The zero-order valence-corrected chi connectivity index (χ0v) is 22.9. The topological polar surface area (TPSA) is 171 Å². The molecule has 0 radical (unpaired) electrons. The molecule has 10 heteroatoms. The first-order valence-electron chi connectivity index (χ1n) is 13.1. The lowest BCUT2D eigenvalue weighted by Crippen LogP contribution is -2.59. The summed E-state index contributed by atoms with van der Waals surface area (Å²) in [5.74, 6) is -3.43. The van der Waals surface area contributed by atoms with Gasteiger partial charge in [-0.1, -0.05) is 76.6 Å². The van der Waals surface area contributed by atoms with Gasteiger partial charge in [0.25, 0.3) is 0 Å². The van der Waals surface area contributed by atoms with Gasteiger partial charge < -0.3 is 31.9 Å². The quantitative estimate of drug-likeness (QED) is 0.212. The van der Waals surface area contributed by atoms with Crippen molar-refractivity contribution in [2.24, 2.45) is 17.6 Å². The number of hydrogen-bond donors (Lipinski definition) is 6. The number of phenols is 1. The van der Waals surface area contributed by atoms with Crippen LogP contribution < -0.4 is 21.7 Å². The molecule has 0 heterocycles. The Morgan fingerprint density at radius 2 is 1.26 bits per heavy atom. The molecule has 0 aliphatic carbocycles. The molecule has 3 amide bonds. The van der Waals surface area contributed by atoms with E-state index in [0.29, 0.717) is 12.0 Å². The number of carbonyl (C=O) groups excluding carboxylic acids is 3. The number of aromatic hydroxyl groups is 1. The van der Waals surface area contributed by atoms with E-state index in [1.807, 2.05) is 37.3 Å². The standard InChI is InChI=1S/C29H40N4O6/c1-5-18(4)25(29(38)39)33-27(36)23(16-20-11-13-21(34)14-12-20)31-26(35)22(15-19-9-7-6-8-10-19)32-28(37)24(30)17(2)3/h6-14,17-18,22-25,34H,5,15-16,30H2,1-4H3,(H,31,35)(H,32,37)(H,33,36)(H,38,39). The van der Waals surface area contributed by atoms with Crippen LogP contribution in [-0.2, 0) is 32.0 Å². The smallest absolute Gasteiger partial charge is 0.326 e. The first-order chi connectivity index (χ1) is 18.4. The zero-order valence-electron chi connectivity index (χ0n) is 22.9. The van der Waals surface area contributed by atoms with Crippen LogP contribution >= 0.6 is 0 Å². The summed E-state index contributed by atoms with van der Waals surface area (Å²) in [5.41, 5.74) is 7.43. The number of carbonyl (C=O) groups is 4. The van der Waals surface area contributed by atoms with E-state index < -0.39 is 47.9 Å². The van der Waals surface area contributed by atoms with Crippen molar-refractivity contribution < 1.29 is 29.4 Å². The SMILES string of the molecule is CCC(C)C(NC(=O)C(Cc1ccc(O)cc1)NC(=O)C(Cc1ccccc1)NC(=O)C(N)C(C)C)C(=O)O. The van der Waals surface area contributed by atoms with Crippen LogP contribution in [0.3, 0.4) is 0 Å². The van der Waals surface area contributed by atoms with Crippen LogP contribution in [-0.4, -0.2) is 58.1 Å². The van der Waals surface area contributed by atoms with Crippen LogP contribution in [0.4, 0.5) is 0 Å². The van der Waals surface area contributed by atoms with E-state index in [0.717, 1.165) is 5.56 Å². The largest absolute Gasteiger partial charge is 0.508 e. The Bertz CT molecular complexity index is 1110. The molecule has 2 aromatic carbocycles. The van der Waals surface area contributed by atoms with Crippen molar-refractivity contribution in [2.75, 3.05) is 0 Å². The van der Waals surface area contributed by atoms with E-state index in [1.165, 1.54) is 12.1 Å². The van der Waals surface area contributed by atoms with Gasteiger partial charge in [0.05, 0.1) is 6.04 Å². The second-order valence-electron chi connectivity index (χ2n) is 10.2. The predicted octanol–water partition coefficient (Wildman–Crippen LogP) is 1.75. The van der Waals surface area contributed by atoms with Crippen LogP contribution in [0.2, 0.25) is 0 Å². The fourth-order valence-corrected chi connectivity index (χ4v) is 3.92. The molecular weight excluding hydrogens is 500 g/mol. The molecule has 0 aromatic heterocycles. The van der Waals surface area contributed by atoms with Gasteiger partial charge in [-0.05, 0) is 35.1 Å². The maximum Gasteiger partial charge on any atom is 0.326 e. The van der Waals surface area contributed by atoms with E-state index in [4.69, 9.17) is 5.73 Å². The van der Waals surface area contributed by atoms with Crippen molar-refractivity contribution in [3.8, 4) is 5.75 Å². The second kappa shape index (κ2) is 14.9. The zero-order chi connectivity index (χ0) is 29.1. The highest BCUT2D eigenvalue weighted by atomic mass is 16.4. The van der Waals surface area contributed by atoms with Gasteiger partial charge in [-0.25, -0.2) is 4.79 Å². The monoisotopic (exact) mass is 540 g/mol. The predicted molar refractivity (Wildman–Crippen MR) is 148 cm³/mol. The molecule has 0 saturated carbocycles. The Morgan fingerprint density at radius 3 is 1.74 bits per heavy atom. The van der Waals surface area contributed by atoms with Crippen molar-refractivity contribution in [1.82, 2.24) is 16.0 Å². The number of nitrogens with one attached hydrogen (secondary N) is 3. The molecule has 5 atom stereocenters. The van der Waals surface area contributed by atoms with Gasteiger partial charge in [0.1, 0.15) is 23.9 Å². The van der Waals surface area contributed by atoms with Crippen molar-refractivity contribution >= 4 is 23.7 Å². The number of amides is 3. The first-order valence-corrected chi connectivity index (χ1v) is 13.1. The molecule has 0 fully saturated rings. The second-order valence-corrected chi connectivity index (χ2v) is 10.2. The molecule has 212 valence electrons. The summed E-state index contributed by atoms with van der Waals surface area (Å²) in [4.78, 5) is 51.5. The fourth-order valence-electron chi connectivity index (χ4n) is 3.92. The third kappa shape index (κ3) is 9.72. The molecule has 5 unspecified atom stereocenters. The molecule has 2 rings (SSSR count). The average molecular weight is 541 g/mol. The summed E-state index contributed by atoms with van der Waals surface area (Å²) in [7, 11) is 0. The minimum atomic E-state index is -1.18. The Balaban J connectivity index is 2.34. The number of benzene rings is 2. The highest BCUT2D eigenvalue weighted by Gasteiger charge is 2.32. The van der Waals surface area contributed by atoms with Gasteiger partial charge in [-0.2, -0.15) is 0 Å². The van der Waals surface area contributed by atoms with Crippen molar-refractivity contribution in [3.05, 3.63) is 65.7 Å². The molecule has 39 heavy (non-hydrogen) atoms. The van der Waals surface area contributed by atoms with Gasteiger partial charge in [-0.3, -0.25) is 14.4 Å². The number of phenolic OH excluding ortho intramolecular Hbond substituents is 1. The van der Waals surface area contributed by atoms with Gasteiger partial charge in [0.15, 0.2) is 0 Å². The van der Waals surface area contributed by atoms with Crippen molar-refractivity contribution in [1.29, 1.82) is 0 Å². The molecule has 10 nitrogen and oxygen atoms in total. The molecule has 0 saturated heterocycles. The minimum Gasteiger partial charge on any atom is -0.508 e. The van der Waals surface area contributed by atoms with Crippen LogP contribution in [0.15, 0.2) is 54.6 Å². The third-order valence-corrected chi connectivity index (χ3v) is 6.72. The van der Waals surface area contributed by atoms with Crippen molar-refractivity contribution in [2.45, 2.75) is 71.1 Å². The average Bonchev–Trinajstić information content (AvgIpc) is 2.91. The Kier molecular flexibility index (Phi) is 11.9. The number of nitrogens with two attached hydrogens (primary N) is 1. The summed E-state index contributed by atoms with van der Waals surface area (Å²) in [6, 6.07) is 11.1. The van der Waals surface area contributed by atoms with E-state index in [2.05, 4.69) is 16.0 Å². The van der Waals surface area contributed by atoms with Gasteiger partial charge in [0.2, 0.25) is 17.7 Å². The molecule has 0 bridgehead atoms. The number of rotatable bonds is 14. The number of carboxylic acid groups (broad SMARTS) is 1. The van der Waals surface area contributed by atoms with Crippen molar-refractivity contribution in [3.63, 3.8) is 0 Å². The van der Waals surface area contributed by atoms with E-state index in [9.17, 15) is 29.4 Å². The lowest BCUT2D eigenvalue weighted by molar-refractivity contribution is -0.143. The van der Waals surface area contributed by atoms with Crippen LogP contribution in [0.1, 0.15) is 45.2 Å². The maximum absolute atomic E-state index is 13.5. The Morgan fingerprint density at radius 1 is 0.769 bits per heavy atom. The molecule has 0 aliphatic heterocycles. The number of carboxylic acids is 1. The normalized spacial score (nSPS) is 14.9. The summed E-state index contributed by atoms with van der Waals surface area (Å²) in [6.45, 7) is 7.13. The Hall–Kier alpha value is -3.92. The highest BCUT2D eigenvalue weighted by molar-refractivity contribution is 5.94. The fraction of sp³-hybridized carbons (Fsp3) is 0.448. The first kappa shape index (κ1) is 31.3. The molecule has 0 spiro atoms. The number of hydrogen-bond acceptors (Lipinski definition) is 6. The van der Waals surface area contributed by atoms with E-state index in [-0.39, 0.29) is 30.4 Å². The Labute approximate surface area is 229 Å². The summed E-state index contributed by atoms with van der Waals surface area (Å²) in [5, 5.41) is 27.3. The molecular formula is C29H40N4O6.